The molecule has 2 aliphatic rings. The zero-order chi connectivity index (χ0) is 18.9. The number of aromatic nitrogens is 4. The average molecular weight is 367 g/mol. The number of carbonyl (C=O) groups excluding carboxylic acids is 1. The number of carbonyl (C=O) groups is 1. The van der Waals surface area contributed by atoms with Crippen LogP contribution in [0.2, 0.25) is 0 Å². The van der Waals surface area contributed by atoms with E-state index in [-0.39, 0.29) is 29.3 Å². The number of nitriles is 1. The molecule has 2 fully saturated rings. The summed E-state index contributed by atoms with van der Waals surface area (Å²) in [6.45, 7) is 2.03. The molecule has 0 saturated heterocycles. The molecule has 4 rings (SSSR count). The number of rotatable bonds is 5. The Balaban J connectivity index is 1.32. The molecule has 0 spiro atoms. The van der Waals surface area contributed by atoms with Crippen molar-refractivity contribution in [1.29, 1.82) is 5.26 Å². The van der Waals surface area contributed by atoms with Crippen LogP contribution >= 0.6 is 0 Å². The molecule has 0 aliphatic heterocycles. The number of alkyl carbamates (subject to hydrolysis) is 1. The van der Waals surface area contributed by atoms with Gasteiger partial charge in [0.05, 0.1) is 12.4 Å². The van der Waals surface area contributed by atoms with Gasteiger partial charge in [0.1, 0.15) is 12.2 Å². The SMILES string of the molecule is CC1(NC(=O)O[C@@H]2CC[C@H](c3cc(Nc4cncc(C#N)n4)n[nH]3)C2)CC1. The largest absolute Gasteiger partial charge is 0.446 e. The van der Waals surface area contributed by atoms with E-state index in [1.165, 1.54) is 12.4 Å². The molecule has 0 unspecified atom stereocenters. The number of amides is 1. The first-order chi connectivity index (χ1) is 13.0. The minimum atomic E-state index is -0.316. The molecular weight excluding hydrogens is 346 g/mol. The third kappa shape index (κ3) is 4.16. The highest BCUT2D eigenvalue weighted by Crippen LogP contribution is 2.37. The lowest BCUT2D eigenvalue weighted by atomic mass is 10.0. The Labute approximate surface area is 156 Å². The molecule has 2 aliphatic carbocycles. The van der Waals surface area contributed by atoms with E-state index in [1.54, 1.807) is 0 Å². The Kier molecular flexibility index (Phi) is 4.39. The molecule has 2 aromatic rings. The average Bonchev–Trinajstić information content (AvgIpc) is 3.02. The second kappa shape index (κ2) is 6.87. The Hall–Kier alpha value is -3.15. The second-order valence-electron chi connectivity index (χ2n) is 7.46. The third-order valence-corrected chi connectivity index (χ3v) is 5.10. The van der Waals surface area contributed by atoms with E-state index in [0.717, 1.165) is 37.8 Å². The van der Waals surface area contributed by atoms with Crippen LogP contribution in [-0.2, 0) is 4.74 Å². The van der Waals surface area contributed by atoms with Crippen LogP contribution in [0, 0.1) is 11.3 Å². The van der Waals surface area contributed by atoms with Crippen LogP contribution < -0.4 is 10.6 Å². The minimum absolute atomic E-state index is 0.0647. The van der Waals surface area contributed by atoms with E-state index >= 15 is 0 Å². The number of nitrogens with one attached hydrogen (secondary N) is 3. The molecule has 2 aromatic heterocycles. The van der Waals surface area contributed by atoms with Gasteiger partial charge < -0.3 is 15.4 Å². The van der Waals surface area contributed by atoms with E-state index in [4.69, 9.17) is 10.00 Å². The standard InChI is InChI=1S/C18H21N7O2/c1-18(4-5-18)23-17(26)27-13-3-2-11(6-13)14-7-15(25-24-14)22-16-10-20-9-12(8-19)21-16/h7,9-11,13H,2-6H2,1H3,(H,23,26)(H2,21,22,24,25)/t11-,13+/m0/s1. The molecule has 2 atom stereocenters. The van der Waals surface area contributed by atoms with Gasteiger partial charge in [0, 0.05) is 23.2 Å². The highest BCUT2D eigenvalue weighted by atomic mass is 16.6. The summed E-state index contributed by atoms with van der Waals surface area (Å²) in [5.74, 6) is 1.34. The van der Waals surface area contributed by atoms with Crippen LogP contribution in [0.5, 0.6) is 0 Å². The van der Waals surface area contributed by atoms with E-state index in [0.29, 0.717) is 11.6 Å². The van der Waals surface area contributed by atoms with E-state index < -0.39 is 0 Å². The minimum Gasteiger partial charge on any atom is -0.446 e. The molecule has 2 saturated carbocycles. The number of aromatic amines is 1. The lowest BCUT2D eigenvalue weighted by Gasteiger charge is -2.16. The molecule has 1 amide bonds. The van der Waals surface area contributed by atoms with Crippen molar-refractivity contribution in [2.75, 3.05) is 5.32 Å². The van der Waals surface area contributed by atoms with E-state index in [1.807, 2.05) is 19.1 Å². The summed E-state index contributed by atoms with van der Waals surface area (Å²) >= 11 is 0. The summed E-state index contributed by atoms with van der Waals surface area (Å²) in [5, 5.41) is 22.1. The number of anilines is 2. The topological polar surface area (TPSA) is 129 Å². The number of hydrogen-bond donors (Lipinski definition) is 3. The van der Waals surface area contributed by atoms with Gasteiger partial charge in [0.15, 0.2) is 17.3 Å². The van der Waals surface area contributed by atoms with Crippen molar-refractivity contribution >= 4 is 17.7 Å². The van der Waals surface area contributed by atoms with Gasteiger partial charge in [0.25, 0.3) is 0 Å². The van der Waals surface area contributed by atoms with Crippen LogP contribution in [0.4, 0.5) is 16.4 Å². The van der Waals surface area contributed by atoms with Gasteiger partial charge in [-0.2, -0.15) is 10.4 Å². The van der Waals surface area contributed by atoms with Crippen molar-refractivity contribution in [1.82, 2.24) is 25.5 Å². The first-order valence-electron chi connectivity index (χ1n) is 9.06. The van der Waals surface area contributed by atoms with Crippen LogP contribution in [0.3, 0.4) is 0 Å². The van der Waals surface area contributed by atoms with Crippen LogP contribution in [0.25, 0.3) is 0 Å². The van der Waals surface area contributed by atoms with Gasteiger partial charge in [-0.05, 0) is 39.0 Å². The fraction of sp³-hybridized carbons (Fsp3) is 0.500. The van der Waals surface area contributed by atoms with Gasteiger partial charge in [-0.3, -0.25) is 10.1 Å². The monoisotopic (exact) mass is 367 g/mol. The number of hydrogen-bond acceptors (Lipinski definition) is 7. The lowest BCUT2D eigenvalue weighted by molar-refractivity contribution is 0.0967. The fourth-order valence-electron chi connectivity index (χ4n) is 3.29. The van der Waals surface area contributed by atoms with Gasteiger partial charge in [-0.25, -0.2) is 9.78 Å². The summed E-state index contributed by atoms with van der Waals surface area (Å²) in [4.78, 5) is 20.0. The summed E-state index contributed by atoms with van der Waals surface area (Å²) in [6.07, 6.45) is 7.12. The van der Waals surface area contributed by atoms with Crippen LogP contribution in [0.15, 0.2) is 18.5 Å². The Morgan fingerprint density at radius 3 is 3.00 bits per heavy atom. The van der Waals surface area contributed by atoms with Crippen molar-refractivity contribution in [3.8, 4) is 6.07 Å². The maximum absolute atomic E-state index is 12.0. The van der Waals surface area contributed by atoms with Crippen molar-refractivity contribution < 1.29 is 9.53 Å². The first kappa shape index (κ1) is 17.3. The predicted octanol–water partition coefficient (Wildman–Crippen LogP) is 2.73. The lowest BCUT2D eigenvalue weighted by Crippen LogP contribution is -2.36. The van der Waals surface area contributed by atoms with Crippen molar-refractivity contribution in [3.05, 3.63) is 29.8 Å². The third-order valence-electron chi connectivity index (χ3n) is 5.10. The molecule has 9 nitrogen and oxygen atoms in total. The van der Waals surface area contributed by atoms with Crippen LogP contribution in [0.1, 0.15) is 56.3 Å². The second-order valence-corrected chi connectivity index (χ2v) is 7.46. The maximum Gasteiger partial charge on any atom is 0.407 e. The van der Waals surface area contributed by atoms with Crippen molar-refractivity contribution in [2.24, 2.45) is 0 Å². The molecule has 0 bridgehead atoms. The summed E-state index contributed by atoms with van der Waals surface area (Å²) in [7, 11) is 0. The predicted molar refractivity (Wildman–Crippen MR) is 96.3 cm³/mol. The van der Waals surface area contributed by atoms with Gasteiger partial charge in [-0.15, -0.1) is 0 Å². The fourth-order valence-corrected chi connectivity index (χ4v) is 3.29. The normalized spacial score (nSPS) is 22.7. The smallest absolute Gasteiger partial charge is 0.407 e. The summed E-state index contributed by atoms with van der Waals surface area (Å²) in [6, 6.07) is 3.87. The van der Waals surface area contributed by atoms with E-state index in [2.05, 4.69) is 30.8 Å². The Morgan fingerprint density at radius 1 is 1.37 bits per heavy atom. The molecular formula is C18H21N7O2. The molecule has 27 heavy (non-hydrogen) atoms. The molecule has 9 heteroatoms. The zero-order valence-corrected chi connectivity index (χ0v) is 15.0. The molecule has 0 radical (unpaired) electrons. The molecule has 3 N–H and O–H groups in total. The highest BCUT2D eigenvalue weighted by Gasteiger charge is 2.40. The van der Waals surface area contributed by atoms with Crippen LogP contribution in [-0.4, -0.2) is 37.9 Å². The van der Waals surface area contributed by atoms with Gasteiger partial charge in [-0.1, -0.05) is 0 Å². The summed E-state index contributed by atoms with van der Waals surface area (Å²) < 4.78 is 5.56. The van der Waals surface area contributed by atoms with Gasteiger partial charge >= 0.3 is 6.09 Å². The Morgan fingerprint density at radius 2 is 2.22 bits per heavy atom. The van der Waals surface area contributed by atoms with Crippen molar-refractivity contribution in [3.63, 3.8) is 0 Å². The molecule has 2 heterocycles. The van der Waals surface area contributed by atoms with E-state index in [9.17, 15) is 4.79 Å². The quantitative estimate of drug-likeness (QED) is 0.741. The number of ether oxygens (including phenoxy) is 1. The maximum atomic E-state index is 12.0. The van der Waals surface area contributed by atoms with Gasteiger partial charge in [0.2, 0.25) is 0 Å². The zero-order valence-electron chi connectivity index (χ0n) is 15.0. The molecule has 0 aromatic carbocycles. The van der Waals surface area contributed by atoms with Crippen molar-refractivity contribution in [2.45, 2.75) is 56.6 Å². The number of H-pyrrole nitrogens is 1. The number of nitrogens with zero attached hydrogens (tertiary/aromatic N) is 4. The molecule has 140 valence electrons. The Bertz CT molecular complexity index is 884. The first-order valence-corrected chi connectivity index (χ1v) is 9.06. The summed E-state index contributed by atoms with van der Waals surface area (Å²) in [5.41, 5.74) is 1.16. The highest BCUT2D eigenvalue weighted by molar-refractivity contribution is 5.69.